The number of benzene rings is 2. The van der Waals surface area contributed by atoms with Gasteiger partial charge in [0.05, 0.1) is 11.3 Å². The molecule has 122 valence electrons. The van der Waals surface area contributed by atoms with Gasteiger partial charge in [0.2, 0.25) is 11.8 Å². The molecule has 0 unspecified atom stereocenters. The molecule has 0 saturated carbocycles. The van der Waals surface area contributed by atoms with E-state index in [0.717, 1.165) is 11.1 Å². The fraction of sp³-hybridized carbons (Fsp3) is 0.211. The molecule has 0 fully saturated rings. The maximum absolute atomic E-state index is 12.2. The molecule has 0 aliphatic heterocycles. The molecule has 5 nitrogen and oxygen atoms in total. The van der Waals surface area contributed by atoms with Crippen LogP contribution >= 0.6 is 0 Å². The van der Waals surface area contributed by atoms with Crippen molar-refractivity contribution in [2.45, 2.75) is 20.4 Å². The summed E-state index contributed by atoms with van der Waals surface area (Å²) >= 11 is 0. The molecule has 0 radical (unpaired) electrons. The summed E-state index contributed by atoms with van der Waals surface area (Å²) in [6, 6.07) is 16.6. The van der Waals surface area contributed by atoms with Gasteiger partial charge in [0.15, 0.2) is 0 Å². The molecule has 0 aliphatic rings. The van der Waals surface area contributed by atoms with Gasteiger partial charge in [0.1, 0.15) is 12.6 Å². The summed E-state index contributed by atoms with van der Waals surface area (Å²) in [5, 5.41) is 12.0. The summed E-state index contributed by atoms with van der Waals surface area (Å²) < 4.78 is 0. The number of para-hydroxylation sites is 1. The lowest BCUT2D eigenvalue weighted by Gasteiger charge is -2.21. The van der Waals surface area contributed by atoms with Crippen molar-refractivity contribution in [1.82, 2.24) is 5.32 Å². The first-order chi connectivity index (χ1) is 11.5. The van der Waals surface area contributed by atoms with Gasteiger partial charge >= 0.3 is 0 Å². The molecular formula is C19H19N3O2. The Morgan fingerprint density at radius 1 is 1.12 bits per heavy atom. The van der Waals surface area contributed by atoms with Gasteiger partial charge in [-0.3, -0.25) is 9.59 Å². The van der Waals surface area contributed by atoms with E-state index in [-0.39, 0.29) is 18.4 Å². The minimum atomic E-state index is -0.289. The molecule has 0 saturated heterocycles. The highest BCUT2D eigenvalue weighted by atomic mass is 16.2. The summed E-state index contributed by atoms with van der Waals surface area (Å²) in [6.07, 6.45) is 0. The summed E-state index contributed by atoms with van der Waals surface area (Å²) in [4.78, 5) is 25.4. The second kappa shape index (κ2) is 7.93. The molecule has 2 rings (SSSR count). The van der Waals surface area contributed by atoms with Crippen LogP contribution in [0.5, 0.6) is 0 Å². The second-order valence-electron chi connectivity index (χ2n) is 5.50. The van der Waals surface area contributed by atoms with Crippen molar-refractivity contribution in [3.8, 4) is 6.07 Å². The fourth-order valence-electron chi connectivity index (χ4n) is 2.28. The minimum Gasteiger partial charge on any atom is -0.350 e. The smallest absolute Gasteiger partial charge is 0.240 e. The van der Waals surface area contributed by atoms with E-state index in [2.05, 4.69) is 5.32 Å². The van der Waals surface area contributed by atoms with Gasteiger partial charge in [-0.05, 0) is 24.6 Å². The van der Waals surface area contributed by atoms with Crippen LogP contribution < -0.4 is 10.2 Å². The van der Waals surface area contributed by atoms with E-state index in [1.807, 2.05) is 37.3 Å². The SMILES string of the molecule is CC(=O)N(CC(=O)NCc1ccc(C)cc1)c1ccccc1C#N. The molecule has 0 aliphatic carbocycles. The Kier molecular flexibility index (Phi) is 5.69. The first-order valence-electron chi connectivity index (χ1n) is 7.60. The third kappa shape index (κ3) is 4.43. The Morgan fingerprint density at radius 3 is 2.42 bits per heavy atom. The zero-order chi connectivity index (χ0) is 17.5. The number of nitrogens with zero attached hydrogens (tertiary/aromatic N) is 2. The standard InChI is InChI=1S/C19H19N3O2/c1-14-7-9-16(10-8-14)12-21-19(24)13-22(15(2)23)18-6-4-3-5-17(18)11-20/h3-10H,12-13H2,1-2H3,(H,21,24). The largest absolute Gasteiger partial charge is 0.350 e. The van der Waals surface area contributed by atoms with Crippen molar-refractivity contribution in [2.24, 2.45) is 0 Å². The number of nitriles is 1. The molecule has 0 bridgehead atoms. The summed E-state index contributed by atoms with van der Waals surface area (Å²) in [7, 11) is 0. The molecule has 2 aromatic rings. The maximum Gasteiger partial charge on any atom is 0.240 e. The molecule has 0 atom stereocenters. The summed E-state index contributed by atoms with van der Waals surface area (Å²) in [5.74, 6) is -0.568. The lowest BCUT2D eigenvalue weighted by Crippen LogP contribution is -2.40. The van der Waals surface area contributed by atoms with Crippen LogP contribution in [0.25, 0.3) is 0 Å². The van der Waals surface area contributed by atoms with E-state index in [1.165, 1.54) is 11.8 Å². The molecule has 2 amide bonds. The molecule has 1 N–H and O–H groups in total. The highest BCUT2D eigenvalue weighted by Crippen LogP contribution is 2.19. The molecule has 0 aromatic heterocycles. The van der Waals surface area contributed by atoms with E-state index in [0.29, 0.717) is 17.8 Å². The van der Waals surface area contributed by atoms with Gasteiger partial charge in [-0.1, -0.05) is 42.0 Å². The Labute approximate surface area is 141 Å². The van der Waals surface area contributed by atoms with E-state index >= 15 is 0 Å². The van der Waals surface area contributed by atoms with Crippen LogP contribution in [-0.2, 0) is 16.1 Å². The molecule has 5 heteroatoms. The van der Waals surface area contributed by atoms with Crippen LogP contribution in [0.15, 0.2) is 48.5 Å². The van der Waals surface area contributed by atoms with E-state index < -0.39 is 0 Å². The predicted molar refractivity (Wildman–Crippen MR) is 92.2 cm³/mol. The van der Waals surface area contributed by atoms with E-state index in [4.69, 9.17) is 5.26 Å². The molecule has 2 aromatic carbocycles. The number of carbonyl (C=O) groups is 2. The quantitative estimate of drug-likeness (QED) is 0.919. The Morgan fingerprint density at radius 2 is 1.79 bits per heavy atom. The fourth-order valence-corrected chi connectivity index (χ4v) is 2.28. The van der Waals surface area contributed by atoms with E-state index in [9.17, 15) is 9.59 Å². The minimum absolute atomic E-state index is 0.125. The van der Waals surface area contributed by atoms with Crippen LogP contribution in [0, 0.1) is 18.3 Å². The number of hydrogen-bond donors (Lipinski definition) is 1. The van der Waals surface area contributed by atoms with Crippen molar-refractivity contribution in [1.29, 1.82) is 5.26 Å². The summed E-state index contributed by atoms with van der Waals surface area (Å²) in [6.45, 7) is 3.64. The highest BCUT2D eigenvalue weighted by Gasteiger charge is 2.18. The van der Waals surface area contributed by atoms with Crippen molar-refractivity contribution in [3.63, 3.8) is 0 Å². The lowest BCUT2D eigenvalue weighted by atomic mass is 10.1. The van der Waals surface area contributed by atoms with Crippen molar-refractivity contribution in [3.05, 3.63) is 65.2 Å². The Hall–Kier alpha value is -3.13. The normalized spacial score (nSPS) is 9.88. The lowest BCUT2D eigenvalue weighted by molar-refractivity contribution is -0.123. The number of anilines is 1. The average molecular weight is 321 g/mol. The second-order valence-corrected chi connectivity index (χ2v) is 5.50. The zero-order valence-electron chi connectivity index (χ0n) is 13.7. The van der Waals surface area contributed by atoms with Crippen molar-refractivity contribution >= 4 is 17.5 Å². The van der Waals surface area contributed by atoms with Crippen molar-refractivity contribution < 1.29 is 9.59 Å². The Bertz CT molecular complexity index is 776. The van der Waals surface area contributed by atoms with Gasteiger partial charge in [0, 0.05) is 13.5 Å². The third-order valence-electron chi connectivity index (χ3n) is 3.61. The van der Waals surface area contributed by atoms with Gasteiger partial charge in [0.25, 0.3) is 0 Å². The van der Waals surface area contributed by atoms with Gasteiger partial charge in [-0.2, -0.15) is 5.26 Å². The first-order valence-corrected chi connectivity index (χ1v) is 7.60. The number of amides is 2. The van der Waals surface area contributed by atoms with Gasteiger partial charge in [-0.25, -0.2) is 0 Å². The molecule has 0 heterocycles. The predicted octanol–water partition coefficient (Wildman–Crippen LogP) is 2.54. The van der Waals surface area contributed by atoms with Gasteiger partial charge in [-0.15, -0.1) is 0 Å². The molecular weight excluding hydrogens is 302 g/mol. The highest BCUT2D eigenvalue weighted by molar-refractivity contribution is 5.98. The summed E-state index contributed by atoms with van der Waals surface area (Å²) in [5.41, 5.74) is 2.94. The van der Waals surface area contributed by atoms with Gasteiger partial charge < -0.3 is 10.2 Å². The number of hydrogen-bond acceptors (Lipinski definition) is 3. The topological polar surface area (TPSA) is 73.2 Å². The van der Waals surface area contributed by atoms with Crippen LogP contribution in [0.1, 0.15) is 23.6 Å². The molecule has 0 spiro atoms. The van der Waals surface area contributed by atoms with Crippen molar-refractivity contribution in [2.75, 3.05) is 11.4 Å². The number of rotatable bonds is 5. The van der Waals surface area contributed by atoms with Crippen LogP contribution in [0.2, 0.25) is 0 Å². The third-order valence-corrected chi connectivity index (χ3v) is 3.61. The number of carbonyl (C=O) groups excluding carboxylic acids is 2. The number of nitrogens with one attached hydrogen (secondary N) is 1. The Balaban J connectivity index is 2.05. The number of aryl methyl sites for hydroxylation is 1. The maximum atomic E-state index is 12.2. The monoisotopic (exact) mass is 321 g/mol. The van der Waals surface area contributed by atoms with Crippen LogP contribution in [-0.4, -0.2) is 18.4 Å². The molecule has 24 heavy (non-hydrogen) atoms. The average Bonchev–Trinajstić information content (AvgIpc) is 2.59. The van der Waals surface area contributed by atoms with E-state index in [1.54, 1.807) is 24.3 Å². The van der Waals surface area contributed by atoms with Crippen LogP contribution in [0.3, 0.4) is 0 Å². The van der Waals surface area contributed by atoms with Crippen LogP contribution in [0.4, 0.5) is 5.69 Å². The first kappa shape index (κ1) is 17.2. The zero-order valence-corrected chi connectivity index (χ0v) is 13.7.